The number of para-hydroxylation sites is 3. The van der Waals surface area contributed by atoms with E-state index in [1.807, 2.05) is 47.4 Å². The summed E-state index contributed by atoms with van der Waals surface area (Å²) in [5, 5.41) is 3.27. The maximum atomic E-state index is 12.4. The largest absolute Gasteiger partial charge is 0.495 e. The first-order valence-electron chi connectivity index (χ1n) is 7.55. The normalized spacial score (nSPS) is 12.9. The molecular weight excluding hydrogens is 276 g/mol. The lowest BCUT2D eigenvalue weighted by molar-refractivity contribution is -0.118. The first-order valence-corrected chi connectivity index (χ1v) is 7.55. The summed E-state index contributed by atoms with van der Waals surface area (Å²) < 4.78 is 5.29. The standard InChI is InChI=1S/C18H20N2O2/c1-22-17-9-5-3-7-15(17)19-12-10-18(21)20-13-11-14-6-2-4-8-16(14)20/h2-9,19H,10-13H2,1H3. The molecule has 4 nitrogen and oxygen atoms in total. The highest BCUT2D eigenvalue weighted by molar-refractivity contribution is 5.95. The molecule has 1 N–H and O–H groups in total. The molecule has 3 rings (SSSR count). The fourth-order valence-corrected chi connectivity index (χ4v) is 2.83. The lowest BCUT2D eigenvalue weighted by Gasteiger charge is -2.18. The van der Waals surface area contributed by atoms with E-state index >= 15 is 0 Å². The van der Waals surface area contributed by atoms with Gasteiger partial charge in [-0.15, -0.1) is 0 Å². The van der Waals surface area contributed by atoms with Crippen LogP contribution >= 0.6 is 0 Å². The van der Waals surface area contributed by atoms with Gasteiger partial charge in [0.2, 0.25) is 5.91 Å². The third-order valence-electron chi connectivity index (χ3n) is 3.95. The highest BCUT2D eigenvalue weighted by atomic mass is 16.5. The van der Waals surface area contributed by atoms with Gasteiger partial charge in [0.1, 0.15) is 5.75 Å². The van der Waals surface area contributed by atoms with Crippen molar-refractivity contribution in [1.82, 2.24) is 0 Å². The van der Waals surface area contributed by atoms with Crippen LogP contribution in [0.5, 0.6) is 5.75 Å². The van der Waals surface area contributed by atoms with Crippen LogP contribution in [0.4, 0.5) is 11.4 Å². The van der Waals surface area contributed by atoms with Gasteiger partial charge in [0.05, 0.1) is 12.8 Å². The Balaban J connectivity index is 1.57. The van der Waals surface area contributed by atoms with Gasteiger partial charge in [-0.3, -0.25) is 4.79 Å². The third-order valence-corrected chi connectivity index (χ3v) is 3.95. The van der Waals surface area contributed by atoms with Gasteiger partial charge in [-0.25, -0.2) is 0 Å². The van der Waals surface area contributed by atoms with E-state index in [0.717, 1.165) is 30.1 Å². The SMILES string of the molecule is COc1ccccc1NCCC(=O)N1CCc2ccccc21. The Hall–Kier alpha value is -2.49. The second-order valence-corrected chi connectivity index (χ2v) is 5.30. The molecule has 0 aliphatic carbocycles. The number of carbonyl (C=O) groups excluding carboxylic acids is 1. The lowest BCUT2D eigenvalue weighted by Crippen LogP contribution is -2.30. The predicted octanol–water partition coefficient (Wildman–Crippen LogP) is 3.09. The van der Waals surface area contributed by atoms with Gasteiger partial charge >= 0.3 is 0 Å². The maximum absolute atomic E-state index is 12.4. The minimum Gasteiger partial charge on any atom is -0.495 e. The van der Waals surface area contributed by atoms with Gasteiger partial charge in [0.25, 0.3) is 0 Å². The number of anilines is 2. The quantitative estimate of drug-likeness (QED) is 0.922. The van der Waals surface area contributed by atoms with E-state index in [1.54, 1.807) is 7.11 Å². The molecule has 0 fully saturated rings. The molecule has 22 heavy (non-hydrogen) atoms. The minimum absolute atomic E-state index is 0.160. The smallest absolute Gasteiger partial charge is 0.228 e. The van der Waals surface area contributed by atoms with Crippen LogP contribution < -0.4 is 15.0 Å². The van der Waals surface area contributed by atoms with Crippen LogP contribution in [0, 0.1) is 0 Å². The number of rotatable bonds is 5. The number of carbonyl (C=O) groups is 1. The van der Waals surface area contributed by atoms with Gasteiger partial charge < -0.3 is 15.0 Å². The van der Waals surface area contributed by atoms with Gasteiger partial charge in [-0.1, -0.05) is 30.3 Å². The van der Waals surface area contributed by atoms with Crippen molar-refractivity contribution in [2.45, 2.75) is 12.8 Å². The summed E-state index contributed by atoms with van der Waals surface area (Å²) in [5.74, 6) is 0.953. The molecule has 0 bridgehead atoms. The third kappa shape index (κ3) is 2.91. The lowest BCUT2D eigenvalue weighted by atomic mass is 10.2. The molecule has 0 saturated heterocycles. The summed E-state index contributed by atoms with van der Waals surface area (Å²) >= 11 is 0. The molecule has 1 heterocycles. The zero-order chi connectivity index (χ0) is 15.4. The zero-order valence-corrected chi connectivity index (χ0v) is 12.7. The summed E-state index contributed by atoms with van der Waals surface area (Å²) in [7, 11) is 1.65. The number of hydrogen-bond acceptors (Lipinski definition) is 3. The average molecular weight is 296 g/mol. The predicted molar refractivity (Wildman–Crippen MR) is 88.6 cm³/mol. The summed E-state index contributed by atoms with van der Waals surface area (Å²) in [6.07, 6.45) is 1.41. The van der Waals surface area contributed by atoms with Gasteiger partial charge in [0.15, 0.2) is 0 Å². The Morgan fingerprint density at radius 1 is 1.18 bits per heavy atom. The van der Waals surface area contributed by atoms with E-state index < -0.39 is 0 Å². The Kier molecular flexibility index (Phi) is 4.28. The number of benzene rings is 2. The summed E-state index contributed by atoms with van der Waals surface area (Å²) in [4.78, 5) is 14.3. The zero-order valence-electron chi connectivity index (χ0n) is 12.7. The Bertz CT molecular complexity index is 670. The van der Waals surface area contributed by atoms with Gasteiger partial charge in [-0.2, -0.15) is 0 Å². The molecule has 2 aromatic rings. The van der Waals surface area contributed by atoms with Crippen molar-refractivity contribution < 1.29 is 9.53 Å². The van der Waals surface area contributed by atoms with E-state index in [9.17, 15) is 4.79 Å². The minimum atomic E-state index is 0.160. The van der Waals surface area contributed by atoms with Crippen LogP contribution in [0.15, 0.2) is 48.5 Å². The molecule has 0 saturated carbocycles. The van der Waals surface area contributed by atoms with Gasteiger partial charge in [-0.05, 0) is 30.2 Å². The first kappa shape index (κ1) is 14.4. The number of amides is 1. The van der Waals surface area contributed by atoms with Crippen LogP contribution in [0.3, 0.4) is 0 Å². The maximum Gasteiger partial charge on any atom is 0.228 e. The van der Waals surface area contributed by atoms with Crippen molar-refractivity contribution >= 4 is 17.3 Å². The van der Waals surface area contributed by atoms with Crippen LogP contribution in [-0.4, -0.2) is 26.1 Å². The number of methoxy groups -OCH3 is 1. The molecule has 0 aromatic heterocycles. The van der Waals surface area contributed by atoms with Crippen molar-refractivity contribution in [3.63, 3.8) is 0 Å². The van der Waals surface area contributed by atoms with Crippen LogP contribution in [0.1, 0.15) is 12.0 Å². The average Bonchev–Trinajstić information content (AvgIpc) is 2.99. The molecule has 1 amide bonds. The monoisotopic (exact) mass is 296 g/mol. The van der Waals surface area contributed by atoms with Gasteiger partial charge in [0, 0.05) is 25.2 Å². The number of ether oxygens (including phenoxy) is 1. The molecule has 2 aromatic carbocycles. The van der Waals surface area contributed by atoms with Crippen molar-refractivity contribution in [2.75, 3.05) is 30.4 Å². The molecule has 1 aliphatic heterocycles. The Morgan fingerprint density at radius 2 is 1.95 bits per heavy atom. The molecule has 0 atom stereocenters. The van der Waals surface area contributed by atoms with Crippen LogP contribution in [-0.2, 0) is 11.2 Å². The van der Waals surface area contributed by atoms with Crippen molar-refractivity contribution in [3.05, 3.63) is 54.1 Å². The molecule has 0 unspecified atom stereocenters. The van der Waals surface area contributed by atoms with E-state index in [-0.39, 0.29) is 5.91 Å². The molecule has 1 aliphatic rings. The number of nitrogens with one attached hydrogen (secondary N) is 1. The summed E-state index contributed by atoms with van der Waals surface area (Å²) in [6, 6.07) is 15.9. The highest BCUT2D eigenvalue weighted by Gasteiger charge is 2.23. The summed E-state index contributed by atoms with van der Waals surface area (Å²) in [5.41, 5.74) is 3.23. The Morgan fingerprint density at radius 3 is 2.82 bits per heavy atom. The Labute approximate surface area is 130 Å². The summed E-state index contributed by atoms with van der Waals surface area (Å²) in [6.45, 7) is 1.38. The molecule has 114 valence electrons. The molecular formula is C18H20N2O2. The fourth-order valence-electron chi connectivity index (χ4n) is 2.83. The first-order chi connectivity index (χ1) is 10.8. The van der Waals surface area contributed by atoms with Crippen molar-refractivity contribution in [3.8, 4) is 5.75 Å². The number of hydrogen-bond donors (Lipinski definition) is 1. The number of fused-ring (bicyclic) bond motifs is 1. The fraction of sp³-hybridized carbons (Fsp3) is 0.278. The number of nitrogens with zero attached hydrogens (tertiary/aromatic N) is 1. The molecule has 0 spiro atoms. The van der Waals surface area contributed by atoms with Crippen LogP contribution in [0.2, 0.25) is 0 Å². The van der Waals surface area contributed by atoms with Crippen molar-refractivity contribution in [1.29, 1.82) is 0 Å². The molecule has 4 heteroatoms. The van der Waals surface area contributed by atoms with E-state index in [2.05, 4.69) is 11.4 Å². The van der Waals surface area contributed by atoms with E-state index in [4.69, 9.17) is 4.74 Å². The molecule has 0 radical (unpaired) electrons. The second-order valence-electron chi connectivity index (χ2n) is 5.30. The highest BCUT2D eigenvalue weighted by Crippen LogP contribution is 2.28. The topological polar surface area (TPSA) is 41.6 Å². The van der Waals surface area contributed by atoms with E-state index in [1.165, 1.54) is 5.56 Å². The van der Waals surface area contributed by atoms with Crippen molar-refractivity contribution in [2.24, 2.45) is 0 Å². The second kappa shape index (κ2) is 6.52. The van der Waals surface area contributed by atoms with E-state index in [0.29, 0.717) is 13.0 Å². The van der Waals surface area contributed by atoms with Crippen LogP contribution in [0.25, 0.3) is 0 Å².